The molecule has 2 atom stereocenters. The molecule has 4 aliphatic rings. The first-order valence-electron chi connectivity index (χ1n) is 14.1. The zero-order chi connectivity index (χ0) is 29.1. The molecule has 2 fully saturated rings. The van der Waals surface area contributed by atoms with E-state index in [0.717, 1.165) is 18.4 Å². The maximum atomic E-state index is 13.6. The van der Waals surface area contributed by atoms with Gasteiger partial charge < -0.3 is 29.7 Å². The fraction of sp³-hybridized carbons (Fsp3) is 0.448. The van der Waals surface area contributed by atoms with E-state index < -0.39 is 12.1 Å². The Hall–Kier alpha value is -4.68. The Balaban J connectivity index is 1.23. The van der Waals surface area contributed by atoms with Crippen molar-refractivity contribution in [1.82, 2.24) is 35.7 Å². The van der Waals surface area contributed by atoms with E-state index in [0.29, 0.717) is 60.8 Å². The van der Waals surface area contributed by atoms with Crippen LogP contribution in [0.15, 0.2) is 42.5 Å². The summed E-state index contributed by atoms with van der Waals surface area (Å²) < 4.78 is 19.6. The molecule has 2 N–H and O–H groups in total. The quantitative estimate of drug-likeness (QED) is 0.443. The molecule has 2 aromatic carbocycles. The summed E-state index contributed by atoms with van der Waals surface area (Å²) in [4.78, 5) is 40.9. The van der Waals surface area contributed by atoms with E-state index in [1.165, 1.54) is 0 Å². The Bertz CT molecular complexity index is 1450. The lowest BCUT2D eigenvalue weighted by Crippen LogP contribution is -2.45. The zero-order valence-corrected chi connectivity index (χ0v) is 23.3. The van der Waals surface area contributed by atoms with Gasteiger partial charge in [-0.2, -0.15) is 0 Å². The normalized spacial score (nSPS) is 20.5. The first-order valence-corrected chi connectivity index (χ1v) is 14.1. The second-order valence-electron chi connectivity index (χ2n) is 10.9. The Morgan fingerprint density at radius 1 is 1.10 bits per heavy atom. The number of nitrogens with zero attached hydrogens (tertiary/aromatic N) is 5. The van der Waals surface area contributed by atoms with Crippen LogP contribution in [0.4, 0.5) is 0 Å². The summed E-state index contributed by atoms with van der Waals surface area (Å²) in [5, 5.41) is 17.3. The average Bonchev–Trinajstić information content (AvgIpc) is 3.61. The van der Waals surface area contributed by atoms with Crippen molar-refractivity contribution in [2.75, 3.05) is 26.3 Å². The summed E-state index contributed by atoms with van der Waals surface area (Å²) in [6, 6.07) is 11.8. The van der Waals surface area contributed by atoms with E-state index in [1.807, 2.05) is 24.3 Å². The molecule has 0 spiro atoms. The number of carbonyl (C=O) groups excluding carboxylic acids is 3. The van der Waals surface area contributed by atoms with Crippen LogP contribution < -0.4 is 24.8 Å². The molecule has 0 radical (unpaired) electrons. The molecule has 0 unspecified atom stereocenters. The van der Waals surface area contributed by atoms with Gasteiger partial charge in [0.25, 0.3) is 11.8 Å². The lowest BCUT2D eigenvalue weighted by atomic mass is 10.1. The van der Waals surface area contributed by atoms with Crippen LogP contribution in [0.25, 0.3) is 0 Å². The molecule has 42 heavy (non-hydrogen) atoms. The number of carbonyl (C=O) groups is 3. The number of tetrazole rings is 1. The highest BCUT2D eigenvalue weighted by Gasteiger charge is 2.38. The molecule has 13 heteroatoms. The number of aryl methyl sites for hydroxylation is 2. The van der Waals surface area contributed by atoms with E-state index in [-0.39, 0.29) is 37.3 Å². The third-order valence-electron chi connectivity index (χ3n) is 7.58. The lowest BCUT2D eigenvalue weighted by Gasteiger charge is -2.21. The monoisotopic (exact) mass is 575 g/mol. The van der Waals surface area contributed by atoms with Crippen molar-refractivity contribution in [1.29, 1.82) is 0 Å². The number of fused-ring (bicyclic) bond motifs is 7. The molecule has 1 aromatic heterocycles. The van der Waals surface area contributed by atoms with E-state index in [1.54, 1.807) is 34.7 Å². The second-order valence-corrected chi connectivity index (χ2v) is 10.9. The number of ether oxygens (including phenoxy) is 3. The van der Waals surface area contributed by atoms with Gasteiger partial charge in [0.2, 0.25) is 5.91 Å². The minimum atomic E-state index is -0.487. The average molecular weight is 576 g/mol. The zero-order valence-electron chi connectivity index (χ0n) is 23.3. The molecule has 7 rings (SSSR count). The van der Waals surface area contributed by atoms with Gasteiger partial charge in [-0.1, -0.05) is 12.1 Å². The van der Waals surface area contributed by atoms with Crippen LogP contribution in [-0.4, -0.2) is 81.3 Å². The second kappa shape index (κ2) is 12.0. The Labute approximate surface area is 242 Å². The van der Waals surface area contributed by atoms with Crippen LogP contribution in [0.1, 0.15) is 41.0 Å². The van der Waals surface area contributed by atoms with Gasteiger partial charge in [0.15, 0.2) is 6.61 Å². The highest BCUT2D eigenvalue weighted by atomic mass is 16.5. The van der Waals surface area contributed by atoms with Crippen molar-refractivity contribution < 1.29 is 28.6 Å². The number of aromatic nitrogens is 4. The lowest BCUT2D eigenvalue weighted by molar-refractivity contribution is -0.130. The summed E-state index contributed by atoms with van der Waals surface area (Å²) in [5.41, 5.74) is 1.22. The van der Waals surface area contributed by atoms with Gasteiger partial charge in [0.1, 0.15) is 29.2 Å². The SMILES string of the molecule is Cc1nnnn1CCC(=O)N1C[C@@H]2NC(=O)c3cc(cc(OCC4CC4)c3)OCC(=O)NCc3ccc(cc3)O[C@H]2C1. The highest BCUT2D eigenvalue weighted by molar-refractivity contribution is 5.95. The molecular formula is C29H33N7O6. The number of rotatable bonds is 6. The smallest absolute Gasteiger partial charge is 0.258 e. The van der Waals surface area contributed by atoms with Crippen LogP contribution >= 0.6 is 0 Å². The third-order valence-corrected chi connectivity index (χ3v) is 7.58. The van der Waals surface area contributed by atoms with Crippen molar-refractivity contribution in [3.05, 3.63) is 59.4 Å². The van der Waals surface area contributed by atoms with Crippen molar-refractivity contribution in [2.45, 2.75) is 51.4 Å². The molecule has 3 amide bonds. The summed E-state index contributed by atoms with van der Waals surface area (Å²) >= 11 is 0. The van der Waals surface area contributed by atoms with E-state index in [2.05, 4.69) is 26.2 Å². The Morgan fingerprint density at radius 2 is 1.93 bits per heavy atom. The van der Waals surface area contributed by atoms with Gasteiger partial charge in [-0.3, -0.25) is 14.4 Å². The molecule has 1 saturated carbocycles. The van der Waals surface area contributed by atoms with Crippen molar-refractivity contribution in [3.8, 4) is 17.2 Å². The number of likely N-dealkylation sites (tertiary alicyclic amines) is 1. The van der Waals surface area contributed by atoms with Gasteiger partial charge in [-0.25, -0.2) is 4.68 Å². The molecule has 13 nitrogen and oxygen atoms in total. The maximum absolute atomic E-state index is 13.6. The van der Waals surface area contributed by atoms with E-state index in [4.69, 9.17) is 14.2 Å². The highest BCUT2D eigenvalue weighted by Crippen LogP contribution is 2.31. The molecule has 4 bridgehead atoms. The number of hydrogen-bond donors (Lipinski definition) is 2. The van der Waals surface area contributed by atoms with Gasteiger partial charge >= 0.3 is 0 Å². The third kappa shape index (κ3) is 6.78. The number of amides is 3. The minimum absolute atomic E-state index is 0.0883. The largest absolute Gasteiger partial charge is 0.493 e. The predicted octanol–water partition coefficient (Wildman–Crippen LogP) is 1.26. The molecule has 4 heterocycles. The summed E-state index contributed by atoms with van der Waals surface area (Å²) in [6.07, 6.45) is 1.97. The number of benzene rings is 2. The van der Waals surface area contributed by atoms with Crippen LogP contribution in [-0.2, 0) is 22.7 Å². The van der Waals surface area contributed by atoms with Crippen LogP contribution in [0.5, 0.6) is 17.2 Å². The Kier molecular flexibility index (Phi) is 7.89. The standard InChI is InChI=1S/C29H33N7O6/c1-18-32-33-34-36(18)9-8-28(38)35-14-25-26(15-35)42-22-6-4-19(5-7-22)13-30-27(37)17-41-24-11-21(29(39)31-25)10-23(12-24)40-16-20-2-3-20/h4-7,10-12,20,25-26H,2-3,8-9,13-17H2,1H3,(H,30,37)(H,31,39)/t25-,26-/m0/s1. The van der Waals surface area contributed by atoms with Gasteiger partial charge in [-0.15, -0.1) is 5.10 Å². The first kappa shape index (κ1) is 27.5. The molecule has 1 aliphatic carbocycles. The van der Waals surface area contributed by atoms with Crippen molar-refractivity contribution in [3.63, 3.8) is 0 Å². The molecule has 3 aliphatic heterocycles. The topological polar surface area (TPSA) is 150 Å². The van der Waals surface area contributed by atoms with Crippen LogP contribution in [0.3, 0.4) is 0 Å². The number of nitrogens with one attached hydrogen (secondary N) is 2. The molecule has 3 aromatic rings. The molecule has 1 saturated heterocycles. The fourth-order valence-electron chi connectivity index (χ4n) is 4.93. The first-order chi connectivity index (χ1) is 20.4. The number of hydrogen-bond acceptors (Lipinski definition) is 9. The van der Waals surface area contributed by atoms with Crippen molar-refractivity contribution in [2.24, 2.45) is 5.92 Å². The summed E-state index contributed by atoms with van der Waals surface area (Å²) in [6.45, 7) is 3.39. The van der Waals surface area contributed by atoms with Crippen LogP contribution in [0.2, 0.25) is 0 Å². The van der Waals surface area contributed by atoms with E-state index in [9.17, 15) is 14.4 Å². The van der Waals surface area contributed by atoms with Crippen molar-refractivity contribution >= 4 is 17.7 Å². The molecular weight excluding hydrogens is 542 g/mol. The minimum Gasteiger partial charge on any atom is -0.493 e. The fourth-order valence-corrected chi connectivity index (χ4v) is 4.93. The van der Waals surface area contributed by atoms with E-state index >= 15 is 0 Å². The predicted molar refractivity (Wildman–Crippen MR) is 148 cm³/mol. The summed E-state index contributed by atoms with van der Waals surface area (Å²) in [5.74, 6) is 1.85. The maximum Gasteiger partial charge on any atom is 0.258 e. The van der Waals surface area contributed by atoms with Crippen LogP contribution in [0, 0.1) is 12.8 Å². The Morgan fingerprint density at radius 3 is 2.69 bits per heavy atom. The molecule has 220 valence electrons. The van der Waals surface area contributed by atoms with Gasteiger partial charge in [0, 0.05) is 31.1 Å². The summed E-state index contributed by atoms with van der Waals surface area (Å²) in [7, 11) is 0. The van der Waals surface area contributed by atoms with Gasteiger partial charge in [-0.05, 0) is 65.9 Å². The van der Waals surface area contributed by atoms with Gasteiger partial charge in [0.05, 0.1) is 25.7 Å².